The number of rotatable bonds is 6. The zero-order valence-electron chi connectivity index (χ0n) is 11.3. The molecule has 0 saturated carbocycles. The molecule has 2 aromatic rings. The van der Waals surface area contributed by atoms with Gasteiger partial charge in [0, 0.05) is 18.2 Å². The van der Waals surface area contributed by atoms with Gasteiger partial charge in [0.2, 0.25) is 0 Å². The SMILES string of the molecule is CCCn1ncnc1CNC(C)c1ccccc1F. The summed E-state index contributed by atoms with van der Waals surface area (Å²) in [6.45, 7) is 5.47. The Kier molecular flexibility index (Phi) is 4.63. The van der Waals surface area contributed by atoms with E-state index in [9.17, 15) is 4.39 Å². The Morgan fingerprint density at radius 2 is 2.16 bits per heavy atom. The molecule has 0 aliphatic heterocycles. The molecule has 0 radical (unpaired) electrons. The maximum absolute atomic E-state index is 13.6. The molecule has 5 heteroatoms. The molecule has 0 saturated heterocycles. The molecule has 19 heavy (non-hydrogen) atoms. The van der Waals surface area contributed by atoms with Gasteiger partial charge < -0.3 is 5.32 Å². The summed E-state index contributed by atoms with van der Waals surface area (Å²) >= 11 is 0. The van der Waals surface area contributed by atoms with Crippen molar-refractivity contribution in [2.45, 2.75) is 39.4 Å². The van der Waals surface area contributed by atoms with Gasteiger partial charge in [0.25, 0.3) is 0 Å². The van der Waals surface area contributed by atoms with Crippen LogP contribution in [0.4, 0.5) is 4.39 Å². The van der Waals surface area contributed by atoms with Crippen LogP contribution in [0.1, 0.15) is 37.7 Å². The fraction of sp³-hybridized carbons (Fsp3) is 0.429. The number of hydrogen-bond acceptors (Lipinski definition) is 3. The second-order valence-corrected chi connectivity index (χ2v) is 4.52. The van der Waals surface area contributed by atoms with Gasteiger partial charge >= 0.3 is 0 Å². The van der Waals surface area contributed by atoms with E-state index < -0.39 is 0 Å². The third-order valence-electron chi connectivity index (χ3n) is 3.07. The van der Waals surface area contributed by atoms with Crippen LogP contribution < -0.4 is 5.32 Å². The molecule has 1 unspecified atom stereocenters. The largest absolute Gasteiger partial charge is 0.303 e. The van der Waals surface area contributed by atoms with Crippen LogP contribution in [-0.2, 0) is 13.1 Å². The first kappa shape index (κ1) is 13.7. The average molecular weight is 262 g/mol. The monoisotopic (exact) mass is 262 g/mol. The highest BCUT2D eigenvalue weighted by molar-refractivity contribution is 5.20. The van der Waals surface area contributed by atoms with Gasteiger partial charge in [0.05, 0.1) is 6.54 Å². The molecule has 2 rings (SSSR count). The number of benzene rings is 1. The van der Waals surface area contributed by atoms with Crippen LogP contribution in [0, 0.1) is 5.82 Å². The summed E-state index contributed by atoms with van der Waals surface area (Å²) < 4.78 is 15.5. The fourth-order valence-corrected chi connectivity index (χ4v) is 2.00. The van der Waals surface area contributed by atoms with Gasteiger partial charge in [0.1, 0.15) is 18.0 Å². The minimum absolute atomic E-state index is 0.0621. The number of nitrogens with one attached hydrogen (secondary N) is 1. The first-order valence-corrected chi connectivity index (χ1v) is 6.57. The van der Waals surface area contributed by atoms with Crippen LogP contribution in [0.15, 0.2) is 30.6 Å². The van der Waals surface area contributed by atoms with Crippen LogP contribution in [0.25, 0.3) is 0 Å². The van der Waals surface area contributed by atoms with E-state index in [1.807, 2.05) is 17.7 Å². The summed E-state index contributed by atoms with van der Waals surface area (Å²) in [7, 11) is 0. The van der Waals surface area contributed by atoms with Crippen LogP contribution in [0.2, 0.25) is 0 Å². The molecule has 0 amide bonds. The maximum Gasteiger partial charge on any atom is 0.140 e. The Morgan fingerprint density at radius 1 is 1.37 bits per heavy atom. The topological polar surface area (TPSA) is 42.7 Å². The number of halogens is 1. The average Bonchev–Trinajstić information content (AvgIpc) is 2.84. The van der Waals surface area contributed by atoms with Gasteiger partial charge in [-0.15, -0.1) is 0 Å². The van der Waals surface area contributed by atoms with Crippen molar-refractivity contribution in [2.24, 2.45) is 0 Å². The summed E-state index contributed by atoms with van der Waals surface area (Å²) in [5, 5.41) is 7.44. The summed E-state index contributed by atoms with van der Waals surface area (Å²) in [6, 6.07) is 6.75. The van der Waals surface area contributed by atoms with Crippen molar-refractivity contribution < 1.29 is 4.39 Å². The third-order valence-corrected chi connectivity index (χ3v) is 3.07. The van der Waals surface area contributed by atoms with Crippen molar-refractivity contribution in [1.82, 2.24) is 20.1 Å². The highest BCUT2D eigenvalue weighted by Gasteiger charge is 2.11. The second kappa shape index (κ2) is 6.43. The van der Waals surface area contributed by atoms with Crippen LogP contribution >= 0.6 is 0 Å². The summed E-state index contributed by atoms with van der Waals surface area (Å²) in [4.78, 5) is 4.22. The predicted molar refractivity (Wildman–Crippen MR) is 72.0 cm³/mol. The number of hydrogen-bond donors (Lipinski definition) is 1. The normalized spacial score (nSPS) is 12.6. The third kappa shape index (κ3) is 3.38. The van der Waals surface area contributed by atoms with Gasteiger partial charge in [-0.05, 0) is 19.4 Å². The number of nitrogens with zero attached hydrogens (tertiary/aromatic N) is 3. The highest BCUT2D eigenvalue weighted by atomic mass is 19.1. The Hall–Kier alpha value is -1.75. The lowest BCUT2D eigenvalue weighted by Crippen LogP contribution is -2.22. The number of aryl methyl sites for hydroxylation is 1. The van der Waals surface area contributed by atoms with Crippen LogP contribution in [-0.4, -0.2) is 14.8 Å². The zero-order valence-corrected chi connectivity index (χ0v) is 11.3. The molecule has 1 heterocycles. The zero-order chi connectivity index (χ0) is 13.7. The van der Waals surface area contributed by atoms with Gasteiger partial charge in [-0.2, -0.15) is 5.10 Å². The molecular weight excluding hydrogens is 243 g/mol. The molecule has 0 spiro atoms. The molecule has 102 valence electrons. The van der Waals surface area contributed by atoms with E-state index >= 15 is 0 Å². The summed E-state index contributed by atoms with van der Waals surface area (Å²) in [6.07, 6.45) is 2.57. The standard InChI is InChI=1S/C14H19FN4/c1-3-8-19-14(17-10-18-19)9-16-11(2)12-6-4-5-7-13(12)15/h4-7,10-11,16H,3,8-9H2,1-2H3. The van der Waals surface area contributed by atoms with E-state index in [4.69, 9.17) is 0 Å². The van der Waals surface area contributed by atoms with E-state index in [1.54, 1.807) is 18.5 Å². The van der Waals surface area contributed by atoms with Crippen molar-refractivity contribution in [3.05, 3.63) is 47.8 Å². The molecule has 0 bridgehead atoms. The molecule has 1 N–H and O–H groups in total. The molecule has 4 nitrogen and oxygen atoms in total. The Morgan fingerprint density at radius 3 is 2.89 bits per heavy atom. The Balaban J connectivity index is 1.98. The van der Waals surface area contributed by atoms with Crippen molar-refractivity contribution in [3.63, 3.8) is 0 Å². The van der Waals surface area contributed by atoms with E-state index in [0.717, 1.165) is 18.8 Å². The highest BCUT2D eigenvalue weighted by Crippen LogP contribution is 2.16. The molecule has 1 atom stereocenters. The first-order chi connectivity index (χ1) is 9.22. The van der Waals surface area contributed by atoms with Crippen molar-refractivity contribution in [1.29, 1.82) is 0 Å². The van der Waals surface area contributed by atoms with Crippen molar-refractivity contribution in [2.75, 3.05) is 0 Å². The lowest BCUT2D eigenvalue weighted by atomic mass is 10.1. The predicted octanol–water partition coefficient (Wildman–Crippen LogP) is 2.68. The second-order valence-electron chi connectivity index (χ2n) is 4.52. The quantitative estimate of drug-likeness (QED) is 0.870. The minimum Gasteiger partial charge on any atom is -0.303 e. The van der Waals surface area contributed by atoms with Crippen LogP contribution in [0.5, 0.6) is 0 Å². The van der Waals surface area contributed by atoms with Gasteiger partial charge in [-0.3, -0.25) is 0 Å². The van der Waals surface area contributed by atoms with Gasteiger partial charge in [-0.25, -0.2) is 14.1 Å². The maximum atomic E-state index is 13.6. The molecular formula is C14H19FN4. The first-order valence-electron chi connectivity index (χ1n) is 6.57. The Labute approximate surface area is 112 Å². The fourth-order valence-electron chi connectivity index (χ4n) is 2.00. The lowest BCUT2D eigenvalue weighted by Gasteiger charge is -2.15. The Bertz CT molecular complexity index is 524. The molecule has 0 fully saturated rings. The molecule has 0 aliphatic rings. The van der Waals surface area contributed by atoms with E-state index in [1.165, 1.54) is 6.07 Å². The van der Waals surface area contributed by atoms with E-state index in [2.05, 4.69) is 22.3 Å². The summed E-state index contributed by atoms with van der Waals surface area (Å²) in [5.74, 6) is 0.697. The van der Waals surface area contributed by atoms with E-state index in [-0.39, 0.29) is 11.9 Å². The summed E-state index contributed by atoms with van der Waals surface area (Å²) in [5.41, 5.74) is 0.670. The van der Waals surface area contributed by atoms with Crippen LogP contribution in [0.3, 0.4) is 0 Å². The van der Waals surface area contributed by atoms with E-state index in [0.29, 0.717) is 12.1 Å². The van der Waals surface area contributed by atoms with Crippen molar-refractivity contribution >= 4 is 0 Å². The van der Waals surface area contributed by atoms with Gasteiger partial charge in [-0.1, -0.05) is 25.1 Å². The molecule has 1 aromatic heterocycles. The number of aromatic nitrogens is 3. The van der Waals surface area contributed by atoms with Gasteiger partial charge in [0.15, 0.2) is 0 Å². The minimum atomic E-state index is -0.183. The molecule has 1 aromatic carbocycles. The molecule has 0 aliphatic carbocycles. The lowest BCUT2D eigenvalue weighted by molar-refractivity contribution is 0.493. The van der Waals surface area contributed by atoms with Crippen molar-refractivity contribution in [3.8, 4) is 0 Å². The smallest absolute Gasteiger partial charge is 0.140 e.